The summed E-state index contributed by atoms with van der Waals surface area (Å²) in [5.41, 5.74) is 1.64. The molecule has 0 aliphatic carbocycles. The molecule has 2 aromatic carbocycles. The summed E-state index contributed by atoms with van der Waals surface area (Å²) in [6.45, 7) is 0. The number of hydrogen-bond acceptors (Lipinski definition) is 6. The highest BCUT2D eigenvalue weighted by Gasteiger charge is 2.20. The van der Waals surface area contributed by atoms with Crippen LogP contribution in [0.15, 0.2) is 82.6 Å². The molecule has 0 radical (unpaired) electrons. The number of thioether (sulfide) groups is 1. The molecular weight excluding hydrogens is 374 g/mol. The van der Waals surface area contributed by atoms with Crippen molar-refractivity contribution >= 4 is 17.7 Å². The molecule has 0 aliphatic rings. The first-order valence-corrected chi connectivity index (χ1v) is 9.59. The van der Waals surface area contributed by atoms with Crippen molar-refractivity contribution in [2.75, 3.05) is 7.11 Å². The SMILES string of the molecule is COc1ccc(C(=O)n2nc(-c3ccco3)nc2SCc2ccccc2)cc1. The molecule has 4 rings (SSSR count). The molecule has 140 valence electrons. The van der Waals surface area contributed by atoms with Gasteiger partial charge in [-0.1, -0.05) is 42.1 Å². The van der Waals surface area contributed by atoms with E-state index in [0.717, 1.165) is 5.56 Å². The highest BCUT2D eigenvalue weighted by atomic mass is 32.2. The van der Waals surface area contributed by atoms with E-state index in [1.54, 1.807) is 49.8 Å². The van der Waals surface area contributed by atoms with Gasteiger partial charge in [-0.15, -0.1) is 5.10 Å². The fraction of sp³-hybridized carbons (Fsp3) is 0.0952. The van der Waals surface area contributed by atoms with Gasteiger partial charge < -0.3 is 9.15 Å². The zero-order chi connectivity index (χ0) is 19.3. The predicted molar refractivity (Wildman–Crippen MR) is 106 cm³/mol. The molecule has 28 heavy (non-hydrogen) atoms. The van der Waals surface area contributed by atoms with Crippen molar-refractivity contribution in [3.8, 4) is 17.3 Å². The maximum atomic E-state index is 13.0. The summed E-state index contributed by atoms with van der Waals surface area (Å²) in [6.07, 6.45) is 1.55. The number of hydrogen-bond donors (Lipinski definition) is 0. The summed E-state index contributed by atoms with van der Waals surface area (Å²) in [5.74, 6) is 1.99. The van der Waals surface area contributed by atoms with Gasteiger partial charge in [-0.25, -0.2) is 0 Å². The fourth-order valence-electron chi connectivity index (χ4n) is 2.61. The molecule has 0 unspecified atom stereocenters. The van der Waals surface area contributed by atoms with Crippen molar-refractivity contribution in [1.82, 2.24) is 14.8 Å². The summed E-state index contributed by atoms with van der Waals surface area (Å²) in [6, 6.07) is 20.4. The van der Waals surface area contributed by atoms with Crippen molar-refractivity contribution in [3.63, 3.8) is 0 Å². The molecule has 2 heterocycles. The standard InChI is InChI=1S/C21H17N3O3S/c1-26-17-11-9-16(10-12-17)20(25)24-21(28-14-15-6-3-2-4-7-15)22-19(23-24)18-8-5-13-27-18/h2-13H,14H2,1H3. The Morgan fingerprint density at radius 2 is 1.86 bits per heavy atom. The number of benzene rings is 2. The monoisotopic (exact) mass is 391 g/mol. The van der Waals surface area contributed by atoms with Crippen LogP contribution in [0.1, 0.15) is 15.9 Å². The van der Waals surface area contributed by atoms with Gasteiger partial charge in [-0.05, 0) is 42.0 Å². The van der Waals surface area contributed by atoms with Crippen molar-refractivity contribution in [2.45, 2.75) is 10.9 Å². The average molecular weight is 391 g/mol. The van der Waals surface area contributed by atoms with E-state index in [1.165, 1.54) is 16.4 Å². The van der Waals surface area contributed by atoms with Crippen LogP contribution in [0.4, 0.5) is 0 Å². The molecule has 0 aliphatic heterocycles. The second-order valence-corrected chi connectivity index (χ2v) is 6.86. The molecule has 0 saturated carbocycles. The van der Waals surface area contributed by atoms with E-state index in [1.807, 2.05) is 30.3 Å². The van der Waals surface area contributed by atoms with E-state index >= 15 is 0 Å². The number of nitrogens with zero attached hydrogens (tertiary/aromatic N) is 3. The van der Waals surface area contributed by atoms with Gasteiger partial charge in [0.15, 0.2) is 10.9 Å². The van der Waals surface area contributed by atoms with E-state index in [-0.39, 0.29) is 5.91 Å². The average Bonchev–Trinajstić information content (AvgIpc) is 3.42. The predicted octanol–water partition coefficient (Wildman–Crippen LogP) is 4.53. The Morgan fingerprint density at radius 3 is 2.54 bits per heavy atom. The third-order valence-corrected chi connectivity index (χ3v) is 5.06. The molecule has 6 nitrogen and oxygen atoms in total. The van der Waals surface area contributed by atoms with Gasteiger partial charge in [0.1, 0.15) is 5.75 Å². The van der Waals surface area contributed by atoms with E-state index in [0.29, 0.717) is 33.8 Å². The molecule has 0 saturated heterocycles. The van der Waals surface area contributed by atoms with E-state index in [2.05, 4.69) is 10.1 Å². The Balaban J connectivity index is 1.66. The smallest absolute Gasteiger partial charge is 0.280 e. The summed E-state index contributed by atoms with van der Waals surface area (Å²) >= 11 is 1.45. The Hall–Kier alpha value is -3.32. The third kappa shape index (κ3) is 3.84. The zero-order valence-electron chi connectivity index (χ0n) is 15.1. The molecule has 0 N–H and O–H groups in total. The second kappa shape index (κ2) is 8.14. The topological polar surface area (TPSA) is 70.2 Å². The first kappa shape index (κ1) is 18.1. The lowest BCUT2D eigenvalue weighted by Crippen LogP contribution is -2.15. The molecule has 4 aromatic rings. The quantitative estimate of drug-likeness (QED) is 0.450. The van der Waals surface area contributed by atoms with E-state index < -0.39 is 0 Å². The Kier molecular flexibility index (Phi) is 5.25. The molecule has 2 aromatic heterocycles. The molecule has 0 atom stereocenters. The van der Waals surface area contributed by atoms with Crippen LogP contribution in [0.25, 0.3) is 11.6 Å². The summed E-state index contributed by atoms with van der Waals surface area (Å²) in [7, 11) is 1.59. The number of furan rings is 1. The van der Waals surface area contributed by atoms with Gasteiger partial charge in [0, 0.05) is 11.3 Å². The number of carbonyl (C=O) groups is 1. The van der Waals surface area contributed by atoms with Crippen LogP contribution in [0.5, 0.6) is 5.75 Å². The van der Waals surface area contributed by atoms with Crippen molar-refractivity contribution in [1.29, 1.82) is 0 Å². The Morgan fingerprint density at radius 1 is 1.07 bits per heavy atom. The minimum absolute atomic E-state index is 0.261. The minimum atomic E-state index is -0.261. The first-order valence-electron chi connectivity index (χ1n) is 8.61. The van der Waals surface area contributed by atoms with Crippen LogP contribution in [0.2, 0.25) is 0 Å². The Bertz CT molecular complexity index is 1060. The highest BCUT2D eigenvalue weighted by Crippen LogP contribution is 2.26. The Labute approximate surface area is 166 Å². The molecule has 0 bridgehead atoms. The lowest BCUT2D eigenvalue weighted by atomic mass is 10.2. The zero-order valence-corrected chi connectivity index (χ0v) is 15.9. The normalized spacial score (nSPS) is 10.8. The van der Waals surface area contributed by atoms with Crippen LogP contribution >= 0.6 is 11.8 Å². The van der Waals surface area contributed by atoms with Crippen LogP contribution in [0.3, 0.4) is 0 Å². The highest BCUT2D eigenvalue weighted by molar-refractivity contribution is 7.98. The van der Waals surface area contributed by atoms with Gasteiger partial charge in [0.25, 0.3) is 5.91 Å². The number of aromatic nitrogens is 3. The largest absolute Gasteiger partial charge is 0.497 e. The molecule has 0 spiro atoms. The number of ether oxygens (including phenoxy) is 1. The third-order valence-electron chi connectivity index (χ3n) is 4.06. The number of rotatable bonds is 6. The lowest BCUT2D eigenvalue weighted by Gasteiger charge is -2.05. The first-order chi connectivity index (χ1) is 13.7. The molecule has 7 heteroatoms. The lowest BCUT2D eigenvalue weighted by molar-refractivity contribution is 0.0933. The number of carbonyl (C=O) groups excluding carboxylic acids is 1. The van der Waals surface area contributed by atoms with Crippen molar-refractivity contribution in [2.24, 2.45) is 0 Å². The van der Waals surface area contributed by atoms with Gasteiger partial charge >= 0.3 is 0 Å². The van der Waals surface area contributed by atoms with Gasteiger partial charge in [-0.2, -0.15) is 9.67 Å². The van der Waals surface area contributed by atoms with Gasteiger partial charge in [-0.3, -0.25) is 4.79 Å². The van der Waals surface area contributed by atoms with Gasteiger partial charge in [0.2, 0.25) is 5.82 Å². The van der Waals surface area contributed by atoms with Crippen LogP contribution in [-0.4, -0.2) is 27.8 Å². The second-order valence-electron chi connectivity index (χ2n) is 5.92. The maximum Gasteiger partial charge on any atom is 0.280 e. The van der Waals surface area contributed by atoms with E-state index in [9.17, 15) is 4.79 Å². The summed E-state index contributed by atoms with van der Waals surface area (Å²) < 4.78 is 11.9. The van der Waals surface area contributed by atoms with Crippen LogP contribution < -0.4 is 4.74 Å². The maximum absolute atomic E-state index is 13.0. The van der Waals surface area contributed by atoms with Crippen LogP contribution in [-0.2, 0) is 5.75 Å². The van der Waals surface area contributed by atoms with Gasteiger partial charge in [0.05, 0.1) is 13.4 Å². The summed E-state index contributed by atoms with van der Waals surface area (Å²) in [4.78, 5) is 17.6. The molecule has 0 fully saturated rings. The number of methoxy groups -OCH3 is 1. The minimum Gasteiger partial charge on any atom is -0.497 e. The summed E-state index contributed by atoms with van der Waals surface area (Å²) in [5, 5.41) is 4.90. The molecular formula is C21H17N3O3S. The van der Waals surface area contributed by atoms with E-state index in [4.69, 9.17) is 9.15 Å². The van der Waals surface area contributed by atoms with Crippen LogP contribution in [0, 0.1) is 0 Å². The van der Waals surface area contributed by atoms with Crippen molar-refractivity contribution in [3.05, 3.63) is 84.1 Å². The fourth-order valence-corrected chi connectivity index (χ4v) is 3.50. The molecule has 0 amide bonds. The van der Waals surface area contributed by atoms with Crippen molar-refractivity contribution < 1.29 is 13.9 Å².